The lowest BCUT2D eigenvalue weighted by Gasteiger charge is -2.44. The number of carbonyl (C=O) groups excluding carboxylic acids is 1. The molecule has 2 fully saturated rings. The number of aliphatic carboxylic acids is 1. The first-order chi connectivity index (χ1) is 12.5. The van der Waals surface area contributed by atoms with Crippen molar-refractivity contribution in [3.05, 3.63) is 46.4 Å². The van der Waals surface area contributed by atoms with E-state index in [9.17, 15) is 19.5 Å². The number of carbonyl (C=O) groups is 2. The first kappa shape index (κ1) is 15.9. The Hall–Kier alpha value is -2.37. The molecule has 4 bridgehead atoms. The fraction of sp³-hybridized carbons (Fsp3) is 0.550. The van der Waals surface area contributed by atoms with Crippen molar-refractivity contribution in [2.24, 2.45) is 29.6 Å². The second-order valence-corrected chi connectivity index (χ2v) is 8.28. The van der Waals surface area contributed by atoms with Gasteiger partial charge in [-0.1, -0.05) is 18.2 Å². The molecule has 0 radical (unpaired) electrons. The zero-order valence-electron chi connectivity index (χ0n) is 14.5. The maximum atomic E-state index is 13.3. The van der Waals surface area contributed by atoms with Crippen LogP contribution in [0.15, 0.2) is 35.1 Å². The van der Waals surface area contributed by atoms with Crippen molar-refractivity contribution in [1.82, 2.24) is 9.47 Å². The summed E-state index contributed by atoms with van der Waals surface area (Å²) in [6.45, 7) is 1.86. The number of carboxylic acid groups (broad SMARTS) is 1. The second kappa shape index (κ2) is 5.56. The lowest BCUT2D eigenvalue weighted by atomic mass is 9.79. The average Bonchev–Trinajstić information content (AvgIpc) is 3.23. The number of aromatic nitrogens is 1. The van der Waals surface area contributed by atoms with E-state index in [1.807, 2.05) is 27.7 Å². The van der Waals surface area contributed by atoms with Crippen LogP contribution in [-0.2, 0) is 16.1 Å². The first-order valence-corrected chi connectivity index (χ1v) is 9.42. The third-order valence-electron chi connectivity index (χ3n) is 6.82. The number of piperidine rings is 1. The van der Waals surface area contributed by atoms with Gasteiger partial charge in [0, 0.05) is 37.3 Å². The molecule has 2 aliphatic carbocycles. The number of hydrogen-bond acceptors (Lipinski definition) is 3. The third kappa shape index (κ3) is 2.20. The molecule has 5 rings (SSSR count). The van der Waals surface area contributed by atoms with E-state index >= 15 is 0 Å². The van der Waals surface area contributed by atoms with Gasteiger partial charge in [-0.3, -0.25) is 14.4 Å². The normalized spacial score (nSPS) is 36.8. The van der Waals surface area contributed by atoms with Crippen molar-refractivity contribution in [2.75, 3.05) is 13.1 Å². The van der Waals surface area contributed by atoms with E-state index in [1.54, 1.807) is 12.1 Å². The van der Waals surface area contributed by atoms with Crippen molar-refractivity contribution in [3.63, 3.8) is 0 Å². The molecule has 4 aliphatic rings. The Kier molecular flexibility index (Phi) is 3.39. The number of rotatable bonds is 2. The maximum Gasteiger partial charge on any atom is 0.307 e. The molecular formula is C20H22N2O4. The Balaban J connectivity index is 1.42. The molecular weight excluding hydrogens is 332 g/mol. The van der Waals surface area contributed by atoms with E-state index in [2.05, 4.69) is 0 Å². The molecule has 1 N–H and O–H groups in total. The zero-order valence-corrected chi connectivity index (χ0v) is 14.5. The highest BCUT2D eigenvalue weighted by molar-refractivity contribution is 5.87. The minimum atomic E-state index is -0.852. The fourth-order valence-corrected chi connectivity index (χ4v) is 5.78. The van der Waals surface area contributed by atoms with Crippen LogP contribution in [0.2, 0.25) is 0 Å². The highest BCUT2D eigenvalue weighted by Gasteiger charge is 2.53. The van der Waals surface area contributed by atoms with Crippen molar-refractivity contribution in [2.45, 2.75) is 25.3 Å². The molecule has 1 aromatic heterocycles. The largest absolute Gasteiger partial charge is 0.481 e. The molecule has 0 spiro atoms. The van der Waals surface area contributed by atoms with E-state index in [0.717, 1.165) is 18.5 Å². The van der Waals surface area contributed by atoms with Crippen molar-refractivity contribution >= 4 is 11.9 Å². The van der Waals surface area contributed by atoms with Crippen LogP contribution in [0.1, 0.15) is 24.5 Å². The summed E-state index contributed by atoms with van der Waals surface area (Å²) >= 11 is 0. The molecule has 1 amide bonds. The monoisotopic (exact) mass is 354 g/mol. The second-order valence-electron chi connectivity index (χ2n) is 8.28. The molecule has 6 heteroatoms. The summed E-state index contributed by atoms with van der Waals surface area (Å²) < 4.78 is 1.85. The molecule has 6 nitrogen and oxygen atoms in total. The van der Waals surface area contributed by atoms with Crippen LogP contribution in [0.5, 0.6) is 0 Å². The minimum Gasteiger partial charge on any atom is -0.481 e. The highest BCUT2D eigenvalue weighted by Crippen LogP contribution is 2.49. The van der Waals surface area contributed by atoms with Gasteiger partial charge in [-0.25, -0.2) is 0 Å². The molecule has 3 heterocycles. The summed E-state index contributed by atoms with van der Waals surface area (Å²) in [5.74, 6) is -1.39. The van der Waals surface area contributed by atoms with E-state index < -0.39 is 17.8 Å². The lowest BCUT2D eigenvalue weighted by molar-refractivity contribution is -0.152. The predicted octanol–water partition coefficient (Wildman–Crippen LogP) is 1.32. The summed E-state index contributed by atoms with van der Waals surface area (Å²) in [5, 5.41) is 9.63. The van der Waals surface area contributed by atoms with Crippen LogP contribution in [0.3, 0.4) is 0 Å². The van der Waals surface area contributed by atoms with Crippen molar-refractivity contribution in [1.29, 1.82) is 0 Å². The summed E-state index contributed by atoms with van der Waals surface area (Å²) in [6, 6.07) is 5.36. The fourth-order valence-electron chi connectivity index (χ4n) is 5.78. The topological polar surface area (TPSA) is 79.6 Å². The quantitative estimate of drug-likeness (QED) is 0.813. The number of pyridine rings is 1. The standard InChI is InChI=1S/C20H22N2O4/c23-16-3-1-2-15-14-6-11(9-22(15)16)8-21(10-14)19(24)17-12-4-5-13(7-12)18(17)20(25)26/h1-5,11-14,17-18H,6-10H2,(H,25,26)/t11-,12+,13+,14+,17-,18-/m1/s1. The predicted molar refractivity (Wildman–Crippen MR) is 93.5 cm³/mol. The van der Waals surface area contributed by atoms with E-state index in [0.29, 0.717) is 19.6 Å². The number of nitrogens with zero attached hydrogens (tertiary/aromatic N) is 2. The van der Waals surface area contributed by atoms with Gasteiger partial charge in [0.05, 0.1) is 11.8 Å². The van der Waals surface area contributed by atoms with Crippen LogP contribution < -0.4 is 5.56 Å². The molecule has 0 unspecified atom stereocenters. The van der Waals surface area contributed by atoms with Gasteiger partial charge in [-0.2, -0.15) is 0 Å². The van der Waals surface area contributed by atoms with Gasteiger partial charge in [0.1, 0.15) is 0 Å². The maximum absolute atomic E-state index is 13.3. The molecule has 1 aromatic rings. The van der Waals surface area contributed by atoms with E-state index in [1.165, 1.54) is 0 Å². The summed E-state index contributed by atoms with van der Waals surface area (Å²) in [5.41, 5.74) is 1.04. The highest BCUT2D eigenvalue weighted by atomic mass is 16.4. The van der Waals surface area contributed by atoms with Crippen molar-refractivity contribution in [3.8, 4) is 0 Å². The van der Waals surface area contributed by atoms with Crippen LogP contribution >= 0.6 is 0 Å². The zero-order chi connectivity index (χ0) is 18.0. The Morgan fingerprint density at radius 2 is 1.77 bits per heavy atom. The number of carboxylic acids is 1. The summed E-state index contributed by atoms with van der Waals surface area (Å²) in [7, 11) is 0. The van der Waals surface area contributed by atoms with Crippen LogP contribution in [0.4, 0.5) is 0 Å². The van der Waals surface area contributed by atoms with E-state index in [4.69, 9.17) is 0 Å². The van der Waals surface area contributed by atoms with Gasteiger partial charge >= 0.3 is 5.97 Å². The third-order valence-corrected chi connectivity index (χ3v) is 6.82. The lowest BCUT2D eigenvalue weighted by Crippen LogP contribution is -2.52. The Morgan fingerprint density at radius 1 is 1.00 bits per heavy atom. The van der Waals surface area contributed by atoms with Gasteiger partial charge in [-0.15, -0.1) is 0 Å². The smallest absolute Gasteiger partial charge is 0.307 e. The first-order valence-electron chi connectivity index (χ1n) is 9.42. The number of fused-ring (bicyclic) bond motifs is 6. The van der Waals surface area contributed by atoms with Gasteiger partial charge in [0.15, 0.2) is 0 Å². The average molecular weight is 354 g/mol. The summed E-state index contributed by atoms with van der Waals surface area (Å²) in [6.07, 6.45) is 5.78. The molecule has 1 saturated heterocycles. The molecule has 26 heavy (non-hydrogen) atoms. The van der Waals surface area contributed by atoms with Crippen LogP contribution in [0, 0.1) is 29.6 Å². The van der Waals surface area contributed by atoms with Crippen LogP contribution in [0.25, 0.3) is 0 Å². The van der Waals surface area contributed by atoms with Gasteiger partial charge in [0.25, 0.3) is 5.56 Å². The number of allylic oxidation sites excluding steroid dienone is 2. The minimum absolute atomic E-state index is 0.00400. The summed E-state index contributed by atoms with van der Waals surface area (Å²) in [4.78, 5) is 39.0. The van der Waals surface area contributed by atoms with E-state index in [-0.39, 0.29) is 35.1 Å². The molecule has 6 atom stereocenters. The number of amides is 1. The Morgan fingerprint density at radius 3 is 2.54 bits per heavy atom. The number of likely N-dealkylation sites (tertiary alicyclic amines) is 1. The van der Waals surface area contributed by atoms with Gasteiger partial charge in [0.2, 0.25) is 5.91 Å². The number of hydrogen-bond donors (Lipinski definition) is 1. The molecule has 2 aliphatic heterocycles. The van der Waals surface area contributed by atoms with Crippen LogP contribution in [-0.4, -0.2) is 39.5 Å². The Labute approximate surface area is 151 Å². The Bertz CT molecular complexity index is 873. The van der Waals surface area contributed by atoms with Crippen molar-refractivity contribution < 1.29 is 14.7 Å². The van der Waals surface area contributed by atoms with Gasteiger partial charge < -0.3 is 14.6 Å². The molecule has 136 valence electrons. The molecule has 0 aromatic carbocycles. The molecule has 1 saturated carbocycles. The SMILES string of the molecule is O=C(O)[C@H]1[C@H](C(=O)N2C[C@H]3C[C@@H](C2)c2cccc(=O)n2C3)[C@H]2C=C[C@H]1C2. The van der Waals surface area contributed by atoms with Gasteiger partial charge in [-0.05, 0) is 36.7 Å².